The van der Waals surface area contributed by atoms with Crippen molar-refractivity contribution in [2.24, 2.45) is 0 Å². The molecule has 2 rings (SSSR count). The molecule has 0 aliphatic heterocycles. The molecule has 0 spiro atoms. The Hall–Kier alpha value is -1.43. The molecule has 1 aliphatic carbocycles. The van der Waals surface area contributed by atoms with Crippen molar-refractivity contribution in [1.82, 2.24) is 4.90 Å². The molecule has 1 saturated carbocycles. The number of nitrogens with zero attached hydrogens (tertiary/aromatic N) is 2. The number of aryl methyl sites for hydroxylation is 1. The zero-order valence-electron chi connectivity index (χ0n) is 12.2. The van der Waals surface area contributed by atoms with Gasteiger partial charge in [-0.1, -0.05) is 40.9 Å². The molecule has 0 bridgehead atoms. The Labute approximate surface area is 132 Å². The molecule has 2 atom stereocenters. The number of halogens is 1. The van der Waals surface area contributed by atoms with Crippen molar-refractivity contribution in [2.75, 3.05) is 7.05 Å². The smallest absolute Gasteiger partial charge is 0.285 e. The third-order valence-corrected chi connectivity index (χ3v) is 5.18. The third-order valence-electron chi connectivity index (χ3n) is 4.12. The highest BCUT2D eigenvalue weighted by molar-refractivity contribution is 9.09. The first-order valence-electron chi connectivity index (χ1n) is 7.08. The highest BCUT2D eigenvalue weighted by Crippen LogP contribution is 2.30. The molecule has 0 radical (unpaired) electrons. The van der Waals surface area contributed by atoms with E-state index in [0.29, 0.717) is 5.56 Å². The standard InChI is InChI=1S/C15H19BrN2O3/c1-10-6-5-7-11(14(10)18(20)21)15(19)17(2)13-9-4-3-8-12(13)16/h5-7,12-13H,3-4,8-9H2,1-2H3. The molecule has 5 nitrogen and oxygen atoms in total. The second-order valence-corrected chi connectivity index (χ2v) is 6.69. The van der Waals surface area contributed by atoms with Crippen LogP contribution >= 0.6 is 15.9 Å². The normalized spacial score (nSPS) is 21.9. The van der Waals surface area contributed by atoms with Gasteiger partial charge in [0.05, 0.1) is 4.92 Å². The SMILES string of the molecule is Cc1cccc(C(=O)N(C)C2CCCCC2Br)c1[N+](=O)[O-]. The lowest BCUT2D eigenvalue weighted by atomic mass is 9.93. The van der Waals surface area contributed by atoms with Crippen molar-refractivity contribution < 1.29 is 9.72 Å². The van der Waals surface area contributed by atoms with E-state index in [-0.39, 0.29) is 28.0 Å². The number of nitro groups is 1. The highest BCUT2D eigenvalue weighted by atomic mass is 79.9. The van der Waals surface area contributed by atoms with E-state index < -0.39 is 4.92 Å². The lowest BCUT2D eigenvalue weighted by Crippen LogP contribution is -2.44. The van der Waals surface area contributed by atoms with E-state index in [1.54, 1.807) is 31.0 Å². The van der Waals surface area contributed by atoms with E-state index in [2.05, 4.69) is 15.9 Å². The fraction of sp³-hybridized carbons (Fsp3) is 0.533. The van der Waals surface area contributed by atoms with Crippen molar-refractivity contribution >= 4 is 27.5 Å². The molecular formula is C15H19BrN2O3. The van der Waals surface area contributed by atoms with Gasteiger partial charge >= 0.3 is 0 Å². The summed E-state index contributed by atoms with van der Waals surface area (Å²) in [6.07, 6.45) is 4.19. The first-order chi connectivity index (χ1) is 9.93. The van der Waals surface area contributed by atoms with E-state index >= 15 is 0 Å². The predicted molar refractivity (Wildman–Crippen MR) is 84.9 cm³/mol. The van der Waals surface area contributed by atoms with E-state index in [1.165, 1.54) is 6.07 Å². The van der Waals surface area contributed by atoms with Gasteiger partial charge in [0, 0.05) is 23.5 Å². The largest absolute Gasteiger partial charge is 0.337 e. The number of rotatable bonds is 3. The van der Waals surface area contributed by atoms with Gasteiger partial charge in [-0.05, 0) is 25.8 Å². The number of hydrogen-bond donors (Lipinski definition) is 0. The van der Waals surface area contributed by atoms with Crippen molar-refractivity contribution in [3.05, 3.63) is 39.4 Å². The minimum Gasteiger partial charge on any atom is -0.337 e. The Bertz CT molecular complexity index is 562. The molecule has 1 fully saturated rings. The van der Waals surface area contributed by atoms with Crippen LogP contribution in [-0.4, -0.2) is 33.6 Å². The van der Waals surface area contributed by atoms with Crippen LogP contribution in [0.25, 0.3) is 0 Å². The van der Waals surface area contributed by atoms with Crippen LogP contribution in [-0.2, 0) is 0 Å². The summed E-state index contributed by atoms with van der Waals surface area (Å²) in [5.74, 6) is -0.276. The van der Waals surface area contributed by atoms with Crippen molar-refractivity contribution in [3.63, 3.8) is 0 Å². The summed E-state index contributed by atoms with van der Waals surface area (Å²) in [5.41, 5.74) is 0.599. The average Bonchev–Trinajstić information content (AvgIpc) is 2.45. The molecule has 0 aromatic heterocycles. The van der Waals surface area contributed by atoms with Gasteiger partial charge in [-0.15, -0.1) is 0 Å². The minimum absolute atomic E-state index is 0.0868. The summed E-state index contributed by atoms with van der Waals surface area (Å²) in [6.45, 7) is 1.66. The number of nitro benzene ring substituents is 1. The number of para-hydroxylation sites is 1. The summed E-state index contributed by atoms with van der Waals surface area (Å²) in [5, 5.41) is 11.2. The van der Waals surface area contributed by atoms with Crippen LogP contribution < -0.4 is 0 Å². The first-order valence-corrected chi connectivity index (χ1v) is 8.00. The first kappa shape index (κ1) is 15.9. The van der Waals surface area contributed by atoms with E-state index in [0.717, 1.165) is 25.7 Å². The van der Waals surface area contributed by atoms with E-state index in [4.69, 9.17) is 0 Å². The fourth-order valence-electron chi connectivity index (χ4n) is 2.92. The summed E-state index contributed by atoms with van der Waals surface area (Å²) in [7, 11) is 1.73. The maximum absolute atomic E-state index is 12.7. The van der Waals surface area contributed by atoms with Gasteiger partial charge in [0.1, 0.15) is 5.56 Å². The zero-order valence-corrected chi connectivity index (χ0v) is 13.8. The maximum atomic E-state index is 12.7. The van der Waals surface area contributed by atoms with Crippen LogP contribution in [0.4, 0.5) is 5.69 Å². The molecule has 1 amide bonds. The summed E-state index contributed by atoms with van der Waals surface area (Å²) in [4.78, 5) is 25.3. The molecule has 0 heterocycles. The summed E-state index contributed by atoms with van der Waals surface area (Å²) < 4.78 is 0. The Morgan fingerprint density at radius 1 is 1.38 bits per heavy atom. The predicted octanol–water partition coefficient (Wildman–Crippen LogP) is 3.68. The van der Waals surface area contributed by atoms with Crippen LogP contribution in [0, 0.1) is 17.0 Å². The molecule has 2 unspecified atom stereocenters. The van der Waals surface area contributed by atoms with Crippen molar-refractivity contribution in [3.8, 4) is 0 Å². The van der Waals surface area contributed by atoms with Crippen LogP contribution in [0.5, 0.6) is 0 Å². The average molecular weight is 355 g/mol. The molecule has 1 aromatic carbocycles. The van der Waals surface area contributed by atoms with Crippen LogP contribution in [0.15, 0.2) is 18.2 Å². The quantitative estimate of drug-likeness (QED) is 0.472. The molecule has 0 N–H and O–H groups in total. The molecule has 6 heteroatoms. The lowest BCUT2D eigenvalue weighted by molar-refractivity contribution is -0.385. The van der Waals surface area contributed by atoms with Gasteiger partial charge in [-0.2, -0.15) is 0 Å². The van der Waals surface area contributed by atoms with E-state index in [1.807, 2.05) is 0 Å². The summed E-state index contributed by atoms with van der Waals surface area (Å²) >= 11 is 3.63. The van der Waals surface area contributed by atoms with Gasteiger partial charge in [-0.3, -0.25) is 14.9 Å². The molecule has 0 saturated heterocycles. The Morgan fingerprint density at radius 3 is 2.67 bits per heavy atom. The number of amides is 1. The molecule has 114 valence electrons. The second kappa shape index (κ2) is 6.56. The Morgan fingerprint density at radius 2 is 2.05 bits per heavy atom. The van der Waals surface area contributed by atoms with Gasteiger partial charge in [-0.25, -0.2) is 0 Å². The number of carbonyl (C=O) groups is 1. The number of hydrogen-bond acceptors (Lipinski definition) is 3. The summed E-state index contributed by atoms with van der Waals surface area (Å²) in [6, 6.07) is 4.97. The molecule has 21 heavy (non-hydrogen) atoms. The Kier molecular flexibility index (Phi) is 4.98. The maximum Gasteiger partial charge on any atom is 0.285 e. The molecule has 1 aromatic rings. The molecular weight excluding hydrogens is 336 g/mol. The topological polar surface area (TPSA) is 63.5 Å². The highest BCUT2D eigenvalue weighted by Gasteiger charge is 2.32. The van der Waals surface area contributed by atoms with Gasteiger partial charge in [0.25, 0.3) is 11.6 Å². The number of alkyl halides is 1. The van der Waals surface area contributed by atoms with Crippen molar-refractivity contribution in [2.45, 2.75) is 43.5 Å². The second-order valence-electron chi connectivity index (χ2n) is 5.51. The van der Waals surface area contributed by atoms with Gasteiger partial charge in [0.2, 0.25) is 0 Å². The minimum atomic E-state index is -0.469. The van der Waals surface area contributed by atoms with Crippen LogP contribution in [0.1, 0.15) is 41.6 Å². The van der Waals surface area contributed by atoms with Crippen molar-refractivity contribution in [1.29, 1.82) is 0 Å². The van der Waals surface area contributed by atoms with Gasteiger partial charge in [0.15, 0.2) is 0 Å². The zero-order chi connectivity index (χ0) is 15.6. The Balaban J connectivity index is 2.31. The monoisotopic (exact) mass is 354 g/mol. The van der Waals surface area contributed by atoms with Crippen LogP contribution in [0.2, 0.25) is 0 Å². The fourth-order valence-corrected chi connectivity index (χ4v) is 3.86. The van der Waals surface area contributed by atoms with Crippen LogP contribution in [0.3, 0.4) is 0 Å². The lowest BCUT2D eigenvalue weighted by Gasteiger charge is -2.35. The van der Waals surface area contributed by atoms with Gasteiger partial charge < -0.3 is 4.90 Å². The van der Waals surface area contributed by atoms with E-state index in [9.17, 15) is 14.9 Å². The molecule has 1 aliphatic rings. The number of carbonyl (C=O) groups excluding carboxylic acids is 1. The third kappa shape index (κ3) is 3.26. The number of benzene rings is 1.